The van der Waals surface area contributed by atoms with Crippen LogP contribution in [0.1, 0.15) is 24.1 Å². The van der Waals surface area contributed by atoms with E-state index in [0.717, 1.165) is 19.3 Å². The molecule has 0 fully saturated rings. The second kappa shape index (κ2) is 6.70. The molecule has 6 nitrogen and oxygen atoms in total. The van der Waals surface area contributed by atoms with Crippen LogP contribution >= 0.6 is 0 Å². The van der Waals surface area contributed by atoms with Gasteiger partial charge >= 0.3 is 5.69 Å². The molecule has 0 aliphatic heterocycles. The van der Waals surface area contributed by atoms with Crippen LogP contribution in [0.3, 0.4) is 0 Å². The molecule has 6 heteroatoms. The van der Waals surface area contributed by atoms with Gasteiger partial charge in [-0.2, -0.15) is 5.10 Å². The Morgan fingerprint density at radius 1 is 1.30 bits per heavy atom. The van der Waals surface area contributed by atoms with Crippen LogP contribution < -0.4 is 5.32 Å². The van der Waals surface area contributed by atoms with Crippen LogP contribution in [0.4, 0.5) is 11.5 Å². The molecule has 0 aliphatic rings. The van der Waals surface area contributed by atoms with Crippen molar-refractivity contribution in [3.8, 4) is 0 Å². The number of hydrogen-bond donors (Lipinski definition) is 2. The minimum atomic E-state index is -0.412. The highest BCUT2D eigenvalue weighted by Crippen LogP contribution is 2.24. The van der Waals surface area contributed by atoms with E-state index in [9.17, 15) is 10.1 Å². The van der Waals surface area contributed by atoms with Crippen molar-refractivity contribution < 1.29 is 4.92 Å². The summed E-state index contributed by atoms with van der Waals surface area (Å²) >= 11 is 0. The highest BCUT2D eigenvalue weighted by molar-refractivity contribution is 5.58. The van der Waals surface area contributed by atoms with Crippen LogP contribution in [-0.2, 0) is 6.42 Å². The Morgan fingerprint density at radius 3 is 2.75 bits per heavy atom. The van der Waals surface area contributed by atoms with Gasteiger partial charge in [-0.05, 0) is 31.7 Å². The molecule has 0 saturated carbocycles. The first-order valence-electron chi connectivity index (χ1n) is 6.65. The second-order valence-corrected chi connectivity index (χ2v) is 4.67. The Labute approximate surface area is 117 Å². The normalized spacial score (nSPS) is 10.4. The molecule has 0 aliphatic carbocycles. The molecule has 0 bridgehead atoms. The molecule has 1 aromatic heterocycles. The Hall–Kier alpha value is -2.37. The maximum atomic E-state index is 10.9. The maximum Gasteiger partial charge on any atom is 0.333 e. The number of unbranched alkanes of at least 4 members (excludes halogenated alkanes) is 1. The number of aromatic nitrogens is 2. The summed E-state index contributed by atoms with van der Waals surface area (Å²) in [6.07, 6.45) is 3.00. The van der Waals surface area contributed by atoms with Crippen molar-refractivity contribution >= 4 is 11.5 Å². The lowest BCUT2D eigenvalue weighted by atomic mass is 10.1. The quantitative estimate of drug-likeness (QED) is 0.461. The molecule has 1 heterocycles. The monoisotopic (exact) mass is 274 g/mol. The van der Waals surface area contributed by atoms with Crippen LogP contribution in [0.2, 0.25) is 0 Å². The van der Waals surface area contributed by atoms with Crippen molar-refractivity contribution in [1.82, 2.24) is 10.2 Å². The fraction of sp³-hybridized carbons (Fsp3) is 0.357. The molecular formula is C14H18N4O2. The standard InChI is InChI=1S/C14H18N4O2/c1-11-13(18(19)20)14(17-16-11)15-10-6-5-9-12-7-3-2-4-8-12/h2-4,7-8H,5-6,9-10H2,1H3,(H2,15,16,17). The number of nitro groups is 1. The van der Waals surface area contributed by atoms with E-state index >= 15 is 0 Å². The molecule has 2 N–H and O–H groups in total. The molecule has 20 heavy (non-hydrogen) atoms. The van der Waals surface area contributed by atoms with Gasteiger partial charge in [0.05, 0.1) is 4.92 Å². The summed E-state index contributed by atoms with van der Waals surface area (Å²) in [5.74, 6) is 0.326. The Bertz CT molecular complexity index is 566. The molecule has 0 saturated heterocycles. The summed E-state index contributed by atoms with van der Waals surface area (Å²) in [7, 11) is 0. The molecule has 0 atom stereocenters. The first-order valence-corrected chi connectivity index (χ1v) is 6.65. The number of hydrogen-bond acceptors (Lipinski definition) is 4. The fourth-order valence-corrected chi connectivity index (χ4v) is 2.08. The lowest BCUT2D eigenvalue weighted by Gasteiger charge is -2.03. The van der Waals surface area contributed by atoms with E-state index in [2.05, 4.69) is 27.6 Å². The average molecular weight is 274 g/mol. The maximum absolute atomic E-state index is 10.9. The van der Waals surface area contributed by atoms with Crippen LogP contribution in [0, 0.1) is 17.0 Å². The van der Waals surface area contributed by atoms with Crippen molar-refractivity contribution in [3.05, 3.63) is 51.7 Å². The number of aryl methyl sites for hydroxylation is 2. The van der Waals surface area contributed by atoms with Gasteiger partial charge in [-0.25, -0.2) is 0 Å². The predicted molar refractivity (Wildman–Crippen MR) is 77.8 cm³/mol. The predicted octanol–water partition coefficient (Wildman–Crippen LogP) is 3.06. The summed E-state index contributed by atoms with van der Waals surface area (Å²) in [4.78, 5) is 10.5. The van der Waals surface area contributed by atoms with Gasteiger partial charge in [0, 0.05) is 6.54 Å². The molecule has 0 radical (unpaired) electrons. The number of rotatable bonds is 7. The molecule has 0 unspecified atom stereocenters. The molecule has 1 aromatic carbocycles. The minimum absolute atomic E-state index is 0.0352. The third-order valence-electron chi connectivity index (χ3n) is 3.12. The third-order valence-corrected chi connectivity index (χ3v) is 3.12. The van der Waals surface area contributed by atoms with E-state index in [1.165, 1.54) is 5.56 Å². The van der Waals surface area contributed by atoms with Crippen LogP contribution in [0.5, 0.6) is 0 Å². The zero-order valence-electron chi connectivity index (χ0n) is 11.4. The van der Waals surface area contributed by atoms with Gasteiger partial charge in [-0.15, -0.1) is 0 Å². The van der Waals surface area contributed by atoms with Crippen molar-refractivity contribution in [1.29, 1.82) is 0 Å². The largest absolute Gasteiger partial charge is 0.363 e. The van der Waals surface area contributed by atoms with Crippen molar-refractivity contribution in [3.63, 3.8) is 0 Å². The lowest BCUT2D eigenvalue weighted by molar-refractivity contribution is -0.384. The summed E-state index contributed by atoms with van der Waals surface area (Å²) in [5, 5.41) is 20.4. The molecule has 0 amide bonds. The smallest absolute Gasteiger partial charge is 0.333 e. The molecular weight excluding hydrogens is 256 g/mol. The average Bonchev–Trinajstić information content (AvgIpc) is 2.81. The SMILES string of the molecule is Cc1[nH]nc(NCCCCc2ccccc2)c1[N+](=O)[O-]. The summed E-state index contributed by atoms with van der Waals surface area (Å²) in [6, 6.07) is 10.3. The van der Waals surface area contributed by atoms with Crippen molar-refractivity contribution in [2.45, 2.75) is 26.2 Å². The molecule has 2 aromatic rings. The van der Waals surface area contributed by atoms with Gasteiger partial charge < -0.3 is 5.32 Å². The Balaban J connectivity index is 1.75. The molecule has 2 rings (SSSR count). The lowest BCUT2D eigenvalue weighted by Crippen LogP contribution is -2.04. The zero-order valence-corrected chi connectivity index (χ0v) is 11.4. The van der Waals surface area contributed by atoms with E-state index in [0.29, 0.717) is 18.1 Å². The summed E-state index contributed by atoms with van der Waals surface area (Å²) in [6.45, 7) is 2.32. The fourth-order valence-electron chi connectivity index (χ4n) is 2.08. The molecule has 0 spiro atoms. The second-order valence-electron chi connectivity index (χ2n) is 4.67. The Kier molecular flexibility index (Phi) is 4.70. The van der Waals surface area contributed by atoms with E-state index in [1.807, 2.05) is 18.2 Å². The van der Waals surface area contributed by atoms with E-state index in [4.69, 9.17) is 0 Å². The van der Waals surface area contributed by atoms with Crippen molar-refractivity contribution in [2.75, 3.05) is 11.9 Å². The first kappa shape index (κ1) is 14.0. The number of anilines is 1. The summed E-state index contributed by atoms with van der Waals surface area (Å²) in [5.41, 5.74) is 1.82. The zero-order chi connectivity index (χ0) is 14.4. The number of nitrogens with zero attached hydrogens (tertiary/aromatic N) is 2. The first-order chi connectivity index (χ1) is 9.68. The number of aromatic amines is 1. The minimum Gasteiger partial charge on any atom is -0.363 e. The third kappa shape index (κ3) is 3.57. The topological polar surface area (TPSA) is 83.8 Å². The van der Waals surface area contributed by atoms with Gasteiger partial charge in [0.25, 0.3) is 0 Å². The van der Waals surface area contributed by atoms with Gasteiger partial charge in [0.1, 0.15) is 5.69 Å². The van der Waals surface area contributed by atoms with E-state index in [1.54, 1.807) is 6.92 Å². The van der Waals surface area contributed by atoms with Crippen LogP contribution in [0.15, 0.2) is 30.3 Å². The Morgan fingerprint density at radius 2 is 2.05 bits per heavy atom. The highest BCUT2D eigenvalue weighted by Gasteiger charge is 2.20. The highest BCUT2D eigenvalue weighted by atomic mass is 16.6. The van der Waals surface area contributed by atoms with E-state index < -0.39 is 4.92 Å². The number of benzene rings is 1. The van der Waals surface area contributed by atoms with Gasteiger partial charge in [0.15, 0.2) is 0 Å². The van der Waals surface area contributed by atoms with E-state index in [-0.39, 0.29) is 5.69 Å². The summed E-state index contributed by atoms with van der Waals surface area (Å²) < 4.78 is 0. The number of nitrogens with one attached hydrogen (secondary N) is 2. The van der Waals surface area contributed by atoms with Crippen molar-refractivity contribution in [2.24, 2.45) is 0 Å². The number of H-pyrrole nitrogens is 1. The van der Waals surface area contributed by atoms with Gasteiger partial charge in [-0.3, -0.25) is 15.2 Å². The van der Waals surface area contributed by atoms with Gasteiger partial charge in [-0.1, -0.05) is 30.3 Å². The van der Waals surface area contributed by atoms with Crippen LogP contribution in [-0.4, -0.2) is 21.7 Å². The molecule has 106 valence electrons. The van der Waals surface area contributed by atoms with Gasteiger partial charge in [0.2, 0.25) is 5.82 Å². The van der Waals surface area contributed by atoms with Crippen LogP contribution in [0.25, 0.3) is 0 Å².